The van der Waals surface area contributed by atoms with Gasteiger partial charge in [-0.05, 0) is 82.5 Å². The van der Waals surface area contributed by atoms with Crippen molar-refractivity contribution in [1.82, 2.24) is 4.90 Å². The van der Waals surface area contributed by atoms with E-state index in [0.717, 1.165) is 36.1 Å². The third kappa shape index (κ3) is 7.97. The van der Waals surface area contributed by atoms with Gasteiger partial charge in [-0.25, -0.2) is 0 Å². The fourth-order valence-electron chi connectivity index (χ4n) is 3.93. The Morgan fingerprint density at radius 1 is 1.05 bits per heavy atom. The van der Waals surface area contributed by atoms with Gasteiger partial charge in [0.15, 0.2) is 0 Å². The smallest absolute Gasteiger partial charge is 0.305 e. The molecule has 7 heteroatoms. The Hall–Kier alpha value is -4.05. The van der Waals surface area contributed by atoms with E-state index in [1.807, 2.05) is 38.1 Å². The summed E-state index contributed by atoms with van der Waals surface area (Å²) in [5.41, 5.74) is 2.76. The van der Waals surface area contributed by atoms with Crippen LogP contribution < -0.4 is 4.74 Å². The lowest BCUT2D eigenvalue weighted by Crippen LogP contribution is -2.36. The van der Waals surface area contributed by atoms with Crippen molar-refractivity contribution >= 4 is 11.9 Å². The van der Waals surface area contributed by atoms with Gasteiger partial charge in [0.25, 0.3) is 5.91 Å². The van der Waals surface area contributed by atoms with Crippen LogP contribution in [0.3, 0.4) is 0 Å². The minimum absolute atomic E-state index is 0.0706. The molecular formula is C30H34N2O5. The van der Waals surface area contributed by atoms with Crippen molar-refractivity contribution < 1.29 is 23.5 Å². The van der Waals surface area contributed by atoms with Crippen LogP contribution in [0, 0.1) is 11.3 Å². The Morgan fingerprint density at radius 3 is 2.49 bits per heavy atom. The van der Waals surface area contributed by atoms with E-state index >= 15 is 0 Å². The number of unbranched alkanes of at least 4 members (excludes halogenated alkanes) is 2. The number of benzene rings is 2. The first-order valence-corrected chi connectivity index (χ1v) is 12.7. The second-order valence-corrected chi connectivity index (χ2v) is 8.98. The summed E-state index contributed by atoms with van der Waals surface area (Å²) < 4.78 is 16.4. The second kappa shape index (κ2) is 13.9. The molecule has 3 aromatic rings. The molecular weight excluding hydrogens is 468 g/mol. The SMILES string of the molecule is CCOC(=O)CCCCCOc1ccc(C#N)cc1CN(C(=O)c1ccc(-c2ccco2)cc1)C(C)C. The lowest BCUT2D eigenvalue weighted by molar-refractivity contribution is -0.143. The van der Waals surface area contributed by atoms with E-state index in [-0.39, 0.29) is 17.9 Å². The zero-order valence-corrected chi connectivity index (χ0v) is 21.7. The van der Waals surface area contributed by atoms with Crippen LogP contribution in [0.2, 0.25) is 0 Å². The number of hydrogen-bond acceptors (Lipinski definition) is 6. The fraction of sp³-hybridized carbons (Fsp3) is 0.367. The number of nitriles is 1. The summed E-state index contributed by atoms with van der Waals surface area (Å²) in [7, 11) is 0. The number of ether oxygens (including phenoxy) is 2. The van der Waals surface area contributed by atoms with Crippen LogP contribution in [0.1, 0.15) is 67.9 Å². The summed E-state index contributed by atoms with van der Waals surface area (Å²) >= 11 is 0. The summed E-state index contributed by atoms with van der Waals surface area (Å²) in [6.45, 7) is 6.92. The Labute approximate surface area is 218 Å². The summed E-state index contributed by atoms with van der Waals surface area (Å²) in [5.74, 6) is 1.12. The molecule has 0 aliphatic heterocycles. The highest BCUT2D eigenvalue weighted by Crippen LogP contribution is 2.25. The first-order chi connectivity index (χ1) is 17.9. The van der Waals surface area contributed by atoms with Crippen molar-refractivity contribution in [1.29, 1.82) is 5.26 Å². The van der Waals surface area contributed by atoms with Gasteiger partial charge >= 0.3 is 5.97 Å². The minimum Gasteiger partial charge on any atom is -0.493 e. The van der Waals surface area contributed by atoms with E-state index in [1.165, 1.54) is 0 Å². The predicted molar refractivity (Wildman–Crippen MR) is 141 cm³/mol. The van der Waals surface area contributed by atoms with Gasteiger partial charge in [-0.15, -0.1) is 0 Å². The molecule has 3 rings (SSSR count). The Kier molecular flexibility index (Phi) is 10.3. The van der Waals surface area contributed by atoms with Crippen molar-refractivity contribution in [3.05, 3.63) is 77.6 Å². The highest BCUT2D eigenvalue weighted by molar-refractivity contribution is 5.94. The average Bonchev–Trinajstić information content (AvgIpc) is 3.44. The summed E-state index contributed by atoms with van der Waals surface area (Å²) in [4.78, 5) is 26.7. The van der Waals surface area contributed by atoms with Gasteiger partial charge in [0.2, 0.25) is 0 Å². The lowest BCUT2D eigenvalue weighted by atomic mass is 10.1. The molecule has 0 aliphatic rings. The first kappa shape index (κ1) is 27.5. The van der Waals surface area contributed by atoms with Gasteiger partial charge < -0.3 is 18.8 Å². The molecule has 1 aromatic heterocycles. The second-order valence-electron chi connectivity index (χ2n) is 8.98. The van der Waals surface area contributed by atoms with Crippen LogP contribution in [0.15, 0.2) is 65.3 Å². The van der Waals surface area contributed by atoms with E-state index in [0.29, 0.717) is 43.1 Å². The van der Waals surface area contributed by atoms with Crippen molar-refractivity contribution in [3.8, 4) is 23.1 Å². The molecule has 1 heterocycles. The summed E-state index contributed by atoms with van der Waals surface area (Å²) in [5, 5.41) is 9.43. The molecule has 0 spiro atoms. The van der Waals surface area contributed by atoms with Crippen LogP contribution in [0.5, 0.6) is 5.75 Å². The van der Waals surface area contributed by atoms with Crippen molar-refractivity contribution in [2.24, 2.45) is 0 Å². The maximum atomic E-state index is 13.4. The topological polar surface area (TPSA) is 92.8 Å². The number of carbonyl (C=O) groups is 2. The molecule has 0 saturated carbocycles. The van der Waals surface area contributed by atoms with Gasteiger partial charge in [0.1, 0.15) is 11.5 Å². The Balaban J connectivity index is 1.67. The monoisotopic (exact) mass is 502 g/mol. The quantitative estimate of drug-likeness (QED) is 0.199. The first-order valence-electron chi connectivity index (χ1n) is 12.7. The molecule has 0 aliphatic carbocycles. The molecule has 0 radical (unpaired) electrons. The highest BCUT2D eigenvalue weighted by Gasteiger charge is 2.21. The summed E-state index contributed by atoms with van der Waals surface area (Å²) in [6.07, 6.45) is 4.40. The lowest BCUT2D eigenvalue weighted by Gasteiger charge is -2.28. The number of rotatable bonds is 13. The summed E-state index contributed by atoms with van der Waals surface area (Å²) in [6, 6.07) is 18.4. The standard InChI is InChI=1S/C30H34N2O5/c1-4-35-29(33)10-6-5-7-17-36-28-16-11-23(20-31)19-26(28)21-32(22(2)3)30(34)25-14-12-24(13-15-25)27-9-8-18-37-27/h8-9,11-16,18-19,22H,4-7,10,17,21H2,1-3H3. The number of furan rings is 1. The van der Waals surface area contributed by atoms with E-state index in [1.54, 1.807) is 48.4 Å². The van der Waals surface area contributed by atoms with E-state index in [9.17, 15) is 14.9 Å². The largest absolute Gasteiger partial charge is 0.493 e. The van der Waals surface area contributed by atoms with Crippen LogP contribution in [0.4, 0.5) is 0 Å². The number of esters is 1. The maximum absolute atomic E-state index is 13.4. The molecule has 0 fully saturated rings. The van der Waals surface area contributed by atoms with E-state index in [2.05, 4.69) is 6.07 Å². The third-order valence-electron chi connectivity index (χ3n) is 5.94. The van der Waals surface area contributed by atoms with E-state index in [4.69, 9.17) is 13.9 Å². The number of amides is 1. The van der Waals surface area contributed by atoms with Crippen molar-refractivity contribution in [2.75, 3.05) is 13.2 Å². The van der Waals surface area contributed by atoms with Crippen LogP contribution in [0.25, 0.3) is 11.3 Å². The fourth-order valence-corrected chi connectivity index (χ4v) is 3.93. The van der Waals surface area contributed by atoms with Crippen LogP contribution in [-0.4, -0.2) is 36.0 Å². The molecule has 37 heavy (non-hydrogen) atoms. The van der Waals surface area contributed by atoms with Gasteiger partial charge in [-0.2, -0.15) is 5.26 Å². The van der Waals surface area contributed by atoms with Crippen LogP contribution in [-0.2, 0) is 16.1 Å². The molecule has 0 saturated heterocycles. The minimum atomic E-state index is -0.174. The zero-order valence-electron chi connectivity index (χ0n) is 21.7. The Bertz CT molecular complexity index is 1190. The third-order valence-corrected chi connectivity index (χ3v) is 5.94. The predicted octanol–water partition coefficient (Wildman–Crippen LogP) is 6.37. The highest BCUT2D eigenvalue weighted by atomic mass is 16.5. The molecule has 7 nitrogen and oxygen atoms in total. The molecule has 0 N–H and O–H groups in total. The Morgan fingerprint density at radius 2 is 1.84 bits per heavy atom. The van der Waals surface area contributed by atoms with Gasteiger partial charge in [0.05, 0.1) is 31.1 Å². The van der Waals surface area contributed by atoms with Crippen LogP contribution >= 0.6 is 0 Å². The molecule has 1 amide bonds. The average molecular weight is 503 g/mol. The number of carbonyl (C=O) groups excluding carboxylic acids is 2. The van der Waals surface area contributed by atoms with Gasteiger partial charge in [0, 0.05) is 35.7 Å². The van der Waals surface area contributed by atoms with Crippen molar-refractivity contribution in [2.45, 2.75) is 59.0 Å². The van der Waals surface area contributed by atoms with E-state index < -0.39 is 0 Å². The number of hydrogen-bond donors (Lipinski definition) is 0. The zero-order chi connectivity index (χ0) is 26.6. The molecule has 0 unspecified atom stereocenters. The molecule has 2 aromatic carbocycles. The maximum Gasteiger partial charge on any atom is 0.305 e. The normalized spacial score (nSPS) is 10.7. The number of nitrogens with zero attached hydrogens (tertiary/aromatic N) is 2. The molecule has 0 atom stereocenters. The van der Waals surface area contributed by atoms with Gasteiger partial charge in [-0.1, -0.05) is 12.1 Å². The van der Waals surface area contributed by atoms with Gasteiger partial charge in [-0.3, -0.25) is 9.59 Å². The molecule has 194 valence electrons. The molecule has 0 bridgehead atoms. The van der Waals surface area contributed by atoms with Crippen molar-refractivity contribution in [3.63, 3.8) is 0 Å².